The second-order valence-electron chi connectivity index (χ2n) is 5.46. The van der Waals surface area contributed by atoms with E-state index < -0.39 is 5.60 Å². The van der Waals surface area contributed by atoms with Crippen molar-refractivity contribution in [2.45, 2.75) is 39.8 Å². The van der Waals surface area contributed by atoms with Crippen molar-refractivity contribution < 1.29 is 14.3 Å². The predicted octanol–water partition coefficient (Wildman–Crippen LogP) is 0.787. The summed E-state index contributed by atoms with van der Waals surface area (Å²) in [6, 6.07) is 1.82. The zero-order valence-electron chi connectivity index (χ0n) is 13.0. The molecule has 1 atom stereocenters. The monoisotopic (exact) mass is 294 g/mol. The van der Waals surface area contributed by atoms with Crippen molar-refractivity contribution in [2.75, 3.05) is 25.0 Å². The average molecular weight is 294 g/mol. The number of aromatic nitrogens is 2. The molecule has 7 nitrogen and oxygen atoms in total. The van der Waals surface area contributed by atoms with E-state index in [2.05, 4.69) is 10.4 Å². The number of anilines is 1. The molecule has 1 aromatic heterocycles. The number of hydrogen-bond donors (Lipinski definition) is 1. The lowest BCUT2D eigenvalue weighted by atomic mass is 10.0. The summed E-state index contributed by atoms with van der Waals surface area (Å²) >= 11 is 0. The van der Waals surface area contributed by atoms with Gasteiger partial charge in [0.15, 0.2) is 11.4 Å². The van der Waals surface area contributed by atoms with Gasteiger partial charge in [0.2, 0.25) is 5.91 Å². The van der Waals surface area contributed by atoms with E-state index in [1.165, 1.54) is 6.92 Å². The Hall–Kier alpha value is -1.89. The summed E-state index contributed by atoms with van der Waals surface area (Å²) in [7, 11) is 0. The fraction of sp³-hybridized carbons (Fsp3) is 0.643. The summed E-state index contributed by atoms with van der Waals surface area (Å²) in [5.41, 5.74) is -0.0683. The topological polar surface area (TPSA) is 76.5 Å². The summed E-state index contributed by atoms with van der Waals surface area (Å²) in [5.74, 6) is 0.168. The van der Waals surface area contributed by atoms with Crippen LogP contribution >= 0.6 is 0 Å². The summed E-state index contributed by atoms with van der Waals surface area (Å²) in [6.07, 6.45) is 0. The van der Waals surface area contributed by atoms with E-state index >= 15 is 0 Å². The molecule has 0 unspecified atom stereocenters. The normalized spacial score (nSPS) is 22.2. The first-order valence-corrected chi connectivity index (χ1v) is 7.11. The molecule has 0 saturated carbocycles. The van der Waals surface area contributed by atoms with Crippen LogP contribution < -0.4 is 5.32 Å². The SMILES string of the molecule is CCn1nc(NC(=O)[C@@]2(C)CN(C(C)=O)CCO2)cc1C. The Morgan fingerprint density at radius 3 is 2.81 bits per heavy atom. The highest BCUT2D eigenvalue weighted by Crippen LogP contribution is 2.20. The third-order valence-electron chi connectivity index (χ3n) is 3.72. The molecular formula is C14H22N4O3. The highest BCUT2D eigenvalue weighted by Gasteiger charge is 2.40. The highest BCUT2D eigenvalue weighted by atomic mass is 16.5. The number of rotatable bonds is 3. The van der Waals surface area contributed by atoms with Crippen LogP contribution in [0.4, 0.5) is 5.82 Å². The third-order valence-corrected chi connectivity index (χ3v) is 3.72. The lowest BCUT2D eigenvalue weighted by Crippen LogP contribution is -2.57. The molecule has 2 amide bonds. The van der Waals surface area contributed by atoms with Gasteiger partial charge in [0.1, 0.15) is 0 Å². The average Bonchev–Trinajstić information content (AvgIpc) is 2.78. The molecule has 116 valence electrons. The van der Waals surface area contributed by atoms with Crippen molar-refractivity contribution in [1.29, 1.82) is 0 Å². The first-order chi connectivity index (χ1) is 9.85. The maximum atomic E-state index is 12.4. The Morgan fingerprint density at radius 1 is 1.52 bits per heavy atom. The van der Waals surface area contributed by atoms with E-state index in [1.54, 1.807) is 11.8 Å². The van der Waals surface area contributed by atoms with Crippen molar-refractivity contribution >= 4 is 17.6 Å². The molecule has 0 bridgehead atoms. The molecular weight excluding hydrogens is 272 g/mol. The van der Waals surface area contributed by atoms with Gasteiger partial charge in [0, 0.05) is 31.8 Å². The van der Waals surface area contributed by atoms with Crippen LogP contribution in [0.15, 0.2) is 6.07 Å². The molecule has 0 spiro atoms. The second kappa shape index (κ2) is 5.85. The van der Waals surface area contributed by atoms with Crippen molar-refractivity contribution in [3.8, 4) is 0 Å². The van der Waals surface area contributed by atoms with Crippen molar-refractivity contribution in [3.63, 3.8) is 0 Å². The van der Waals surface area contributed by atoms with Gasteiger partial charge in [-0.2, -0.15) is 5.10 Å². The summed E-state index contributed by atoms with van der Waals surface area (Å²) in [6.45, 7) is 8.98. The second-order valence-corrected chi connectivity index (χ2v) is 5.46. The van der Waals surface area contributed by atoms with Gasteiger partial charge in [0.25, 0.3) is 5.91 Å². The molecule has 1 N–H and O–H groups in total. The first-order valence-electron chi connectivity index (χ1n) is 7.11. The van der Waals surface area contributed by atoms with Crippen LogP contribution in [0, 0.1) is 6.92 Å². The Bertz CT molecular complexity index is 554. The third kappa shape index (κ3) is 3.24. The number of ether oxygens (including phenoxy) is 1. The molecule has 1 fully saturated rings. The lowest BCUT2D eigenvalue weighted by Gasteiger charge is -2.38. The standard InChI is InChI=1S/C14H22N4O3/c1-5-18-10(2)8-12(16-18)15-13(20)14(4)9-17(11(3)19)6-7-21-14/h8H,5-7,9H2,1-4H3,(H,15,16,20)/t14-/m1/s1. The number of morpholine rings is 1. The molecule has 2 rings (SSSR count). The summed E-state index contributed by atoms with van der Waals surface area (Å²) in [5, 5.41) is 7.07. The van der Waals surface area contributed by atoms with E-state index in [4.69, 9.17) is 4.74 Å². The minimum absolute atomic E-state index is 0.0524. The molecule has 1 aliphatic heterocycles. The van der Waals surface area contributed by atoms with Crippen LogP contribution in [0.5, 0.6) is 0 Å². The minimum atomic E-state index is -1.05. The van der Waals surface area contributed by atoms with Gasteiger partial charge < -0.3 is 15.0 Å². The van der Waals surface area contributed by atoms with E-state index in [9.17, 15) is 9.59 Å². The maximum absolute atomic E-state index is 12.4. The largest absolute Gasteiger partial charge is 0.362 e. The number of aryl methyl sites for hydroxylation is 2. The van der Waals surface area contributed by atoms with Crippen molar-refractivity contribution in [3.05, 3.63) is 11.8 Å². The Labute approximate surface area is 124 Å². The van der Waals surface area contributed by atoms with Crippen molar-refractivity contribution in [1.82, 2.24) is 14.7 Å². The van der Waals surface area contributed by atoms with Crippen LogP contribution in [0.3, 0.4) is 0 Å². The first kappa shape index (κ1) is 15.5. The van der Waals surface area contributed by atoms with E-state index in [1.807, 2.05) is 24.6 Å². The molecule has 1 aliphatic rings. The van der Waals surface area contributed by atoms with Gasteiger partial charge in [-0.1, -0.05) is 0 Å². The van der Waals surface area contributed by atoms with Crippen molar-refractivity contribution in [2.24, 2.45) is 0 Å². The van der Waals surface area contributed by atoms with Crippen LogP contribution in [0.2, 0.25) is 0 Å². The fourth-order valence-corrected chi connectivity index (χ4v) is 2.42. The Kier molecular flexibility index (Phi) is 4.32. The summed E-state index contributed by atoms with van der Waals surface area (Å²) < 4.78 is 7.41. The number of amides is 2. The van der Waals surface area contributed by atoms with E-state index in [0.29, 0.717) is 19.0 Å². The van der Waals surface area contributed by atoms with Crippen LogP contribution in [0.25, 0.3) is 0 Å². The van der Waals surface area contributed by atoms with Gasteiger partial charge in [-0.15, -0.1) is 0 Å². The molecule has 0 aliphatic carbocycles. The van der Waals surface area contributed by atoms with Crippen LogP contribution in [0.1, 0.15) is 26.5 Å². The predicted molar refractivity (Wildman–Crippen MR) is 77.9 cm³/mol. The minimum Gasteiger partial charge on any atom is -0.362 e. The van der Waals surface area contributed by atoms with Gasteiger partial charge >= 0.3 is 0 Å². The smallest absolute Gasteiger partial charge is 0.259 e. The molecule has 1 aromatic rings. The zero-order chi connectivity index (χ0) is 15.6. The van der Waals surface area contributed by atoms with E-state index in [0.717, 1.165) is 12.2 Å². The zero-order valence-corrected chi connectivity index (χ0v) is 13.0. The summed E-state index contributed by atoms with van der Waals surface area (Å²) in [4.78, 5) is 25.5. The molecule has 1 saturated heterocycles. The molecule has 0 aromatic carbocycles. The van der Waals surface area contributed by atoms with Gasteiger partial charge in [-0.05, 0) is 20.8 Å². The number of hydrogen-bond acceptors (Lipinski definition) is 4. The Balaban J connectivity index is 2.09. The molecule has 2 heterocycles. The molecule has 21 heavy (non-hydrogen) atoms. The highest BCUT2D eigenvalue weighted by molar-refractivity contribution is 5.97. The number of carbonyl (C=O) groups excluding carboxylic acids is 2. The fourth-order valence-electron chi connectivity index (χ4n) is 2.42. The van der Waals surface area contributed by atoms with Gasteiger partial charge in [-0.3, -0.25) is 14.3 Å². The Morgan fingerprint density at radius 2 is 2.24 bits per heavy atom. The van der Waals surface area contributed by atoms with Crippen LogP contribution in [-0.4, -0.2) is 51.8 Å². The van der Waals surface area contributed by atoms with Crippen LogP contribution in [-0.2, 0) is 20.9 Å². The maximum Gasteiger partial charge on any atom is 0.259 e. The molecule has 7 heteroatoms. The molecule has 0 radical (unpaired) electrons. The number of nitrogens with zero attached hydrogens (tertiary/aromatic N) is 3. The quantitative estimate of drug-likeness (QED) is 0.894. The number of carbonyl (C=O) groups is 2. The lowest BCUT2D eigenvalue weighted by molar-refractivity contribution is -0.158. The van der Waals surface area contributed by atoms with E-state index in [-0.39, 0.29) is 18.4 Å². The van der Waals surface area contributed by atoms with Gasteiger partial charge in [0.05, 0.1) is 13.2 Å². The van der Waals surface area contributed by atoms with Gasteiger partial charge in [-0.25, -0.2) is 0 Å². The number of nitrogens with one attached hydrogen (secondary N) is 1.